The van der Waals surface area contributed by atoms with E-state index in [1.54, 1.807) is 13.3 Å². The Balaban J connectivity index is 1.67. The summed E-state index contributed by atoms with van der Waals surface area (Å²) in [6.07, 6.45) is 3.47. The van der Waals surface area contributed by atoms with E-state index in [-0.39, 0.29) is 5.25 Å². The lowest BCUT2D eigenvalue weighted by atomic mass is 10.1. The first-order valence-electron chi connectivity index (χ1n) is 9.56. The van der Waals surface area contributed by atoms with E-state index in [9.17, 15) is 4.21 Å². The summed E-state index contributed by atoms with van der Waals surface area (Å²) in [5.74, 6) is 0.865. The maximum atomic E-state index is 13.1. The molecule has 0 saturated carbocycles. The monoisotopic (exact) mass is 522 g/mol. The molecule has 1 atom stereocenters. The Kier molecular flexibility index (Phi) is 6.67. The number of anilines is 2. The number of rotatable bonds is 6. The number of methoxy groups -OCH3 is 1. The quantitative estimate of drug-likeness (QED) is 0.356. The summed E-state index contributed by atoms with van der Waals surface area (Å²) in [5.41, 5.74) is 3.91. The van der Waals surface area contributed by atoms with Crippen LogP contribution in [0, 0.1) is 0 Å². The highest BCUT2D eigenvalue weighted by molar-refractivity contribution is 14.1. The standard InChI is InChI=1S/C22H23IN2O3S/c1-27-22-12-16(3-2-15(22)14-23)25-21-6-9-24-20-5-4-18(13-19(20)21)29(26)17-7-10-28-11-8-17/h2-6,9,12-13,17H,7-8,10-11,14H2,1H3,(H,24,25). The number of nitrogens with one attached hydrogen (secondary N) is 1. The van der Waals surface area contributed by atoms with Crippen LogP contribution < -0.4 is 10.1 Å². The van der Waals surface area contributed by atoms with Crippen molar-refractivity contribution < 1.29 is 13.7 Å². The van der Waals surface area contributed by atoms with Crippen molar-refractivity contribution in [2.24, 2.45) is 0 Å². The molecule has 0 spiro atoms. The van der Waals surface area contributed by atoms with Crippen molar-refractivity contribution in [3.8, 4) is 5.75 Å². The molecule has 1 saturated heterocycles. The van der Waals surface area contributed by atoms with Gasteiger partial charge in [-0.3, -0.25) is 9.19 Å². The minimum absolute atomic E-state index is 0.152. The Morgan fingerprint density at radius 1 is 1.21 bits per heavy atom. The van der Waals surface area contributed by atoms with Crippen LogP contribution in [0.15, 0.2) is 53.6 Å². The van der Waals surface area contributed by atoms with Gasteiger partial charge in [-0.25, -0.2) is 0 Å². The van der Waals surface area contributed by atoms with Gasteiger partial charge >= 0.3 is 0 Å². The largest absolute Gasteiger partial charge is 0.496 e. The average Bonchev–Trinajstić information content (AvgIpc) is 2.79. The average molecular weight is 522 g/mol. The van der Waals surface area contributed by atoms with Gasteiger partial charge in [-0.05, 0) is 43.2 Å². The molecule has 2 aromatic carbocycles. The van der Waals surface area contributed by atoms with Crippen molar-refractivity contribution in [1.82, 2.24) is 4.98 Å². The van der Waals surface area contributed by atoms with Crippen LogP contribution in [0.25, 0.3) is 10.9 Å². The Hall–Kier alpha value is -1.71. The minimum atomic E-state index is -1.05. The van der Waals surface area contributed by atoms with Crippen LogP contribution in [0.4, 0.5) is 11.4 Å². The number of hydrogen-bond acceptors (Lipinski definition) is 5. The van der Waals surface area contributed by atoms with Gasteiger partial charge in [0.1, 0.15) is 5.75 Å². The van der Waals surface area contributed by atoms with Crippen molar-refractivity contribution in [3.05, 3.63) is 54.2 Å². The lowest BCUT2D eigenvalue weighted by molar-refractivity contribution is 0.0992. The zero-order chi connectivity index (χ0) is 20.2. The SMILES string of the molecule is COc1cc(Nc2ccnc3ccc(S(=O)C4CCOCC4)cc23)ccc1CI. The van der Waals surface area contributed by atoms with E-state index in [0.717, 1.165) is 55.8 Å². The molecule has 1 aliphatic rings. The molecule has 4 rings (SSSR count). The fourth-order valence-corrected chi connectivity index (χ4v) is 5.60. The summed E-state index contributed by atoms with van der Waals surface area (Å²) in [7, 11) is 0.643. The van der Waals surface area contributed by atoms with Gasteiger partial charge in [0.2, 0.25) is 0 Å². The van der Waals surface area contributed by atoms with Crippen LogP contribution in [0.3, 0.4) is 0 Å². The lowest BCUT2D eigenvalue weighted by Gasteiger charge is -2.21. The predicted molar refractivity (Wildman–Crippen MR) is 126 cm³/mol. The highest BCUT2D eigenvalue weighted by atomic mass is 127. The summed E-state index contributed by atoms with van der Waals surface area (Å²) in [6.45, 7) is 1.38. The van der Waals surface area contributed by atoms with Crippen LogP contribution >= 0.6 is 22.6 Å². The third-order valence-electron chi connectivity index (χ3n) is 5.13. The van der Waals surface area contributed by atoms with Gasteiger partial charge in [0, 0.05) is 62.4 Å². The Morgan fingerprint density at radius 2 is 2.03 bits per heavy atom. The Bertz CT molecular complexity index is 1040. The van der Waals surface area contributed by atoms with E-state index >= 15 is 0 Å². The molecule has 0 aliphatic carbocycles. The molecular formula is C22H23IN2O3S. The maximum absolute atomic E-state index is 13.1. The molecule has 7 heteroatoms. The van der Waals surface area contributed by atoms with E-state index in [1.807, 2.05) is 36.4 Å². The van der Waals surface area contributed by atoms with E-state index in [0.29, 0.717) is 13.2 Å². The van der Waals surface area contributed by atoms with Gasteiger partial charge in [0.05, 0.1) is 23.4 Å². The zero-order valence-electron chi connectivity index (χ0n) is 16.2. The smallest absolute Gasteiger partial charge is 0.124 e. The second kappa shape index (κ2) is 9.40. The number of alkyl halides is 1. The van der Waals surface area contributed by atoms with E-state index in [4.69, 9.17) is 9.47 Å². The Labute approximate surface area is 186 Å². The molecule has 1 aliphatic heterocycles. The lowest BCUT2D eigenvalue weighted by Crippen LogP contribution is -2.24. The molecule has 29 heavy (non-hydrogen) atoms. The van der Waals surface area contributed by atoms with Crippen molar-refractivity contribution >= 4 is 55.7 Å². The van der Waals surface area contributed by atoms with Crippen molar-refractivity contribution in [1.29, 1.82) is 0 Å². The highest BCUT2D eigenvalue weighted by Crippen LogP contribution is 2.31. The number of fused-ring (bicyclic) bond motifs is 1. The number of ether oxygens (including phenoxy) is 2. The molecule has 0 amide bonds. The second-order valence-corrected chi connectivity index (χ2v) is 9.43. The van der Waals surface area contributed by atoms with E-state index in [1.165, 1.54) is 0 Å². The van der Waals surface area contributed by atoms with E-state index < -0.39 is 10.8 Å². The number of nitrogens with zero attached hydrogens (tertiary/aromatic N) is 1. The molecule has 2 heterocycles. The van der Waals surface area contributed by atoms with Gasteiger partial charge in [-0.15, -0.1) is 0 Å². The molecule has 1 N–H and O–H groups in total. The van der Waals surface area contributed by atoms with E-state index in [2.05, 4.69) is 39.0 Å². The number of pyridine rings is 1. The molecule has 152 valence electrons. The summed E-state index contributed by atoms with van der Waals surface area (Å²) in [6, 6.07) is 14.0. The fraction of sp³-hybridized carbons (Fsp3) is 0.318. The van der Waals surface area contributed by atoms with Crippen LogP contribution in [0.1, 0.15) is 18.4 Å². The molecular weight excluding hydrogens is 499 g/mol. The summed E-state index contributed by atoms with van der Waals surface area (Å²) in [5, 5.41) is 4.59. The molecule has 1 unspecified atom stereocenters. The summed E-state index contributed by atoms with van der Waals surface area (Å²) in [4.78, 5) is 5.32. The van der Waals surface area contributed by atoms with Crippen LogP contribution in [0.2, 0.25) is 0 Å². The van der Waals surface area contributed by atoms with Crippen molar-refractivity contribution in [2.75, 3.05) is 25.6 Å². The first kappa shape index (κ1) is 20.6. The highest BCUT2D eigenvalue weighted by Gasteiger charge is 2.22. The summed E-state index contributed by atoms with van der Waals surface area (Å²) < 4.78 is 24.9. The molecule has 0 radical (unpaired) electrons. The molecule has 3 aromatic rings. The van der Waals surface area contributed by atoms with Gasteiger partial charge in [0.25, 0.3) is 0 Å². The first-order chi connectivity index (χ1) is 14.2. The summed E-state index contributed by atoms with van der Waals surface area (Å²) >= 11 is 2.33. The van der Waals surface area contributed by atoms with Crippen molar-refractivity contribution in [2.45, 2.75) is 27.4 Å². The second-order valence-electron chi connectivity index (χ2n) is 6.93. The van der Waals surface area contributed by atoms with Crippen LogP contribution in [0.5, 0.6) is 5.75 Å². The van der Waals surface area contributed by atoms with Gasteiger partial charge in [-0.2, -0.15) is 0 Å². The Morgan fingerprint density at radius 3 is 2.79 bits per heavy atom. The van der Waals surface area contributed by atoms with Gasteiger partial charge in [0.15, 0.2) is 0 Å². The molecule has 1 fully saturated rings. The number of halogens is 1. The number of hydrogen-bond donors (Lipinski definition) is 1. The zero-order valence-corrected chi connectivity index (χ0v) is 19.2. The first-order valence-corrected chi connectivity index (χ1v) is 12.3. The number of benzene rings is 2. The third-order valence-corrected chi connectivity index (χ3v) is 7.74. The molecule has 0 bridgehead atoms. The van der Waals surface area contributed by atoms with Gasteiger partial charge < -0.3 is 14.8 Å². The molecule has 5 nitrogen and oxygen atoms in total. The fourth-order valence-electron chi connectivity index (χ4n) is 3.53. The van der Waals surface area contributed by atoms with Crippen LogP contribution in [-0.4, -0.2) is 34.8 Å². The maximum Gasteiger partial charge on any atom is 0.124 e. The molecule has 1 aromatic heterocycles. The van der Waals surface area contributed by atoms with Crippen molar-refractivity contribution in [3.63, 3.8) is 0 Å². The number of aromatic nitrogens is 1. The topological polar surface area (TPSA) is 60.5 Å². The predicted octanol–water partition coefficient (Wildman–Crippen LogP) is 5.21. The third kappa shape index (κ3) is 4.57. The van der Waals surface area contributed by atoms with Gasteiger partial charge in [-0.1, -0.05) is 28.7 Å². The minimum Gasteiger partial charge on any atom is -0.496 e. The van der Waals surface area contributed by atoms with Crippen LogP contribution in [-0.2, 0) is 20.0 Å². The normalized spacial score (nSPS) is 15.9.